The summed E-state index contributed by atoms with van der Waals surface area (Å²) in [6.07, 6.45) is 13.1. The number of unbranched alkanes of at least 4 members (excludes halogenated alkanes) is 4. The van der Waals surface area contributed by atoms with Gasteiger partial charge < -0.3 is 9.47 Å². The van der Waals surface area contributed by atoms with E-state index in [1.165, 1.54) is 51.4 Å². The van der Waals surface area contributed by atoms with Crippen LogP contribution in [-0.2, 0) is 9.47 Å². The van der Waals surface area contributed by atoms with Crippen LogP contribution in [0.2, 0.25) is 0 Å². The highest BCUT2D eigenvalue weighted by Crippen LogP contribution is 2.32. The molecule has 1 rings (SSSR count). The van der Waals surface area contributed by atoms with Crippen LogP contribution in [0.15, 0.2) is 0 Å². The summed E-state index contributed by atoms with van der Waals surface area (Å²) in [7, 11) is 0. The highest BCUT2D eigenvalue weighted by Gasteiger charge is 2.22. The fourth-order valence-corrected chi connectivity index (χ4v) is 3.52. The normalized spacial score (nSPS) is 21.5. The van der Waals surface area contributed by atoms with Crippen LogP contribution < -0.4 is 0 Å². The Kier molecular flexibility index (Phi) is 11.9. The van der Waals surface area contributed by atoms with E-state index in [1.807, 2.05) is 0 Å². The van der Waals surface area contributed by atoms with Gasteiger partial charge in [-0.1, -0.05) is 61.4 Å². The van der Waals surface area contributed by atoms with Crippen molar-refractivity contribution in [2.45, 2.75) is 77.6 Å². The molecule has 0 saturated heterocycles. The molecule has 22 heavy (non-hydrogen) atoms. The van der Waals surface area contributed by atoms with Crippen LogP contribution in [0.1, 0.15) is 77.6 Å². The van der Waals surface area contributed by atoms with Crippen molar-refractivity contribution in [2.24, 2.45) is 11.8 Å². The molecule has 0 aromatic rings. The van der Waals surface area contributed by atoms with E-state index >= 15 is 0 Å². The second-order valence-corrected chi connectivity index (χ2v) is 7.33. The highest BCUT2D eigenvalue weighted by atomic mass is 79.9. The van der Waals surface area contributed by atoms with Crippen LogP contribution >= 0.6 is 15.9 Å². The monoisotopic (exact) mass is 376 g/mol. The quantitative estimate of drug-likeness (QED) is 0.248. The van der Waals surface area contributed by atoms with Gasteiger partial charge in [0.25, 0.3) is 0 Å². The lowest BCUT2D eigenvalue weighted by Gasteiger charge is -2.28. The molecule has 1 saturated carbocycles. The van der Waals surface area contributed by atoms with Gasteiger partial charge in [0.15, 0.2) is 0 Å². The number of halogens is 1. The van der Waals surface area contributed by atoms with E-state index in [0.29, 0.717) is 19.1 Å². The Balaban J connectivity index is 1.98. The molecule has 130 valence electrons. The summed E-state index contributed by atoms with van der Waals surface area (Å²) in [5, 5.41) is 1.01. The Morgan fingerprint density at radius 1 is 0.955 bits per heavy atom. The summed E-state index contributed by atoms with van der Waals surface area (Å²) in [5.41, 5.74) is 0. The van der Waals surface area contributed by atoms with E-state index in [9.17, 15) is 4.79 Å². The Morgan fingerprint density at radius 2 is 1.68 bits per heavy atom. The molecular weight excluding hydrogens is 344 g/mol. The van der Waals surface area contributed by atoms with Crippen molar-refractivity contribution in [2.75, 3.05) is 18.5 Å². The zero-order chi connectivity index (χ0) is 16.0. The SMILES string of the molecule is CCCCCC1CCC(COC(=O)OCCCCCBr)CC1. The molecule has 0 aromatic heterocycles. The maximum atomic E-state index is 11.5. The molecule has 0 radical (unpaired) electrons. The molecule has 0 amide bonds. The lowest BCUT2D eigenvalue weighted by Crippen LogP contribution is -2.21. The first-order valence-corrected chi connectivity index (χ1v) is 10.2. The topological polar surface area (TPSA) is 35.5 Å². The standard InChI is InChI=1S/C18H33BrO3/c1-2-3-5-8-16-9-11-17(12-10-16)15-22-18(20)21-14-7-4-6-13-19/h16-17H,2-15H2,1H3. The van der Waals surface area contributed by atoms with Gasteiger partial charge in [-0.05, 0) is 43.9 Å². The Bertz CT molecular complexity index is 276. The van der Waals surface area contributed by atoms with E-state index in [0.717, 1.165) is 30.5 Å². The third-order valence-corrected chi connectivity index (χ3v) is 5.18. The maximum Gasteiger partial charge on any atom is 0.508 e. The van der Waals surface area contributed by atoms with E-state index in [2.05, 4.69) is 22.9 Å². The molecule has 1 aliphatic carbocycles. The molecule has 0 bridgehead atoms. The molecule has 1 fully saturated rings. The lowest BCUT2D eigenvalue weighted by atomic mass is 9.80. The van der Waals surface area contributed by atoms with Crippen LogP contribution in [0.4, 0.5) is 4.79 Å². The van der Waals surface area contributed by atoms with E-state index < -0.39 is 6.16 Å². The summed E-state index contributed by atoms with van der Waals surface area (Å²) >= 11 is 3.39. The number of ether oxygens (including phenoxy) is 2. The molecule has 0 spiro atoms. The highest BCUT2D eigenvalue weighted by molar-refractivity contribution is 9.09. The largest absolute Gasteiger partial charge is 0.508 e. The van der Waals surface area contributed by atoms with Crippen molar-refractivity contribution in [3.63, 3.8) is 0 Å². The van der Waals surface area contributed by atoms with Gasteiger partial charge in [0.1, 0.15) is 0 Å². The van der Waals surface area contributed by atoms with E-state index in [4.69, 9.17) is 9.47 Å². The van der Waals surface area contributed by atoms with Gasteiger partial charge in [-0.2, -0.15) is 0 Å². The number of hydrogen-bond donors (Lipinski definition) is 0. The van der Waals surface area contributed by atoms with E-state index in [1.54, 1.807) is 0 Å². The predicted molar refractivity (Wildman–Crippen MR) is 94.5 cm³/mol. The van der Waals surface area contributed by atoms with Crippen molar-refractivity contribution in [3.05, 3.63) is 0 Å². The fraction of sp³-hybridized carbons (Fsp3) is 0.944. The van der Waals surface area contributed by atoms with Crippen LogP contribution in [0.3, 0.4) is 0 Å². The maximum absolute atomic E-state index is 11.5. The van der Waals surface area contributed by atoms with Gasteiger partial charge in [-0.3, -0.25) is 0 Å². The van der Waals surface area contributed by atoms with E-state index in [-0.39, 0.29) is 0 Å². The zero-order valence-electron chi connectivity index (χ0n) is 14.2. The summed E-state index contributed by atoms with van der Waals surface area (Å²) < 4.78 is 10.3. The average molecular weight is 377 g/mol. The molecule has 0 aliphatic heterocycles. The third-order valence-electron chi connectivity index (χ3n) is 4.62. The summed E-state index contributed by atoms with van der Waals surface area (Å²) in [6, 6.07) is 0. The number of carbonyl (C=O) groups is 1. The molecule has 3 nitrogen and oxygen atoms in total. The molecule has 0 atom stereocenters. The van der Waals surface area contributed by atoms with Crippen molar-refractivity contribution >= 4 is 22.1 Å². The molecule has 0 unspecified atom stereocenters. The van der Waals surface area contributed by atoms with Crippen molar-refractivity contribution in [1.29, 1.82) is 0 Å². The molecular formula is C18H33BrO3. The third kappa shape index (κ3) is 9.70. The molecule has 0 N–H and O–H groups in total. The fourth-order valence-electron chi connectivity index (χ4n) is 3.13. The minimum atomic E-state index is -0.482. The minimum Gasteiger partial charge on any atom is -0.434 e. The number of alkyl halides is 1. The second-order valence-electron chi connectivity index (χ2n) is 6.54. The Hall–Kier alpha value is -0.250. The van der Waals surface area contributed by atoms with Crippen molar-refractivity contribution < 1.29 is 14.3 Å². The minimum absolute atomic E-state index is 0.482. The summed E-state index contributed by atoms with van der Waals surface area (Å²) in [5.74, 6) is 1.45. The van der Waals surface area contributed by atoms with Crippen molar-refractivity contribution in [3.8, 4) is 0 Å². The van der Waals surface area contributed by atoms with Gasteiger partial charge in [0, 0.05) is 5.33 Å². The van der Waals surface area contributed by atoms with Gasteiger partial charge in [-0.15, -0.1) is 0 Å². The Morgan fingerprint density at radius 3 is 2.36 bits per heavy atom. The first kappa shape index (κ1) is 19.8. The van der Waals surface area contributed by atoms with Crippen LogP contribution in [0, 0.1) is 11.8 Å². The lowest BCUT2D eigenvalue weighted by molar-refractivity contribution is 0.0363. The number of carbonyl (C=O) groups excluding carboxylic acids is 1. The summed E-state index contributed by atoms with van der Waals surface area (Å²) in [4.78, 5) is 11.5. The van der Waals surface area contributed by atoms with Crippen LogP contribution in [-0.4, -0.2) is 24.7 Å². The van der Waals surface area contributed by atoms with Gasteiger partial charge in [0.05, 0.1) is 13.2 Å². The Labute approximate surface area is 144 Å². The molecule has 4 heteroatoms. The number of rotatable bonds is 11. The second kappa shape index (κ2) is 13.2. The van der Waals surface area contributed by atoms with Gasteiger partial charge in [0.2, 0.25) is 0 Å². The van der Waals surface area contributed by atoms with Crippen LogP contribution in [0.25, 0.3) is 0 Å². The van der Waals surface area contributed by atoms with Gasteiger partial charge >= 0.3 is 6.16 Å². The zero-order valence-corrected chi connectivity index (χ0v) is 15.7. The van der Waals surface area contributed by atoms with Gasteiger partial charge in [-0.25, -0.2) is 4.79 Å². The number of hydrogen-bond acceptors (Lipinski definition) is 3. The predicted octanol–water partition coefficient (Wildman–Crippen LogP) is 6.09. The molecule has 0 aromatic carbocycles. The van der Waals surface area contributed by atoms with Crippen LogP contribution in [0.5, 0.6) is 0 Å². The van der Waals surface area contributed by atoms with Crippen molar-refractivity contribution in [1.82, 2.24) is 0 Å². The first-order valence-electron chi connectivity index (χ1n) is 9.11. The molecule has 0 heterocycles. The average Bonchev–Trinajstić information content (AvgIpc) is 2.54. The summed E-state index contributed by atoms with van der Waals surface area (Å²) in [6.45, 7) is 3.28. The molecule has 1 aliphatic rings. The smallest absolute Gasteiger partial charge is 0.434 e. The first-order chi connectivity index (χ1) is 10.8.